The molecular formula is C21H32N2O5. The van der Waals surface area contributed by atoms with Crippen molar-refractivity contribution in [1.29, 1.82) is 0 Å². The van der Waals surface area contributed by atoms with Gasteiger partial charge < -0.3 is 20.5 Å². The first-order valence-corrected chi connectivity index (χ1v) is 10.4. The number of carbonyl (C=O) groups excluding carboxylic acids is 2. The molecule has 0 aromatic carbocycles. The van der Waals surface area contributed by atoms with Gasteiger partial charge in [-0.1, -0.05) is 19.3 Å². The molecule has 2 heterocycles. The van der Waals surface area contributed by atoms with Gasteiger partial charge in [0.05, 0.1) is 18.8 Å². The number of nitrogens with one attached hydrogen (secondary N) is 2. The van der Waals surface area contributed by atoms with Crippen LogP contribution in [-0.4, -0.2) is 48.2 Å². The zero-order valence-corrected chi connectivity index (χ0v) is 16.5. The van der Waals surface area contributed by atoms with E-state index in [0.29, 0.717) is 24.8 Å². The summed E-state index contributed by atoms with van der Waals surface area (Å²) < 4.78 is 6.06. The number of fused-ring (bicyclic) bond motifs is 2. The van der Waals surface area contributed by atoms with Crippen LogP contribution in [0.4, 0.5) is 0 Å². The molecule has 2 aliphatic rings. The molecule has 2 amide bonds. The van der Waals surface area contributed by atoms with Crippen LogP contribution in [0.3, 0.4) is 0 Å². The van der Waals surface area contributed by atoms with Crippen molar-refractivity contribution < 1.29 is 24.2 Å². The number of hydrogen-bond acceptors (Lipinski definition) is 4. The number of carboxylic acids is 1. The standard InChI is InChI=1S/C21H32N2O5/c1-2-3-9-19(24)23-14-20(25)22-13-16-15(17-11-12-18(16)28-17)8-6-4-5-7-10-21(26)27/h1,15-18H,3-14H2,(H,22,25)(H,23,24)(H,26,27)/t15-,16+,17-,18+/m1/s1. The molecule has 7 nitrogen and oxygen atoms in total. The SMILES string of the molecule is C#CCCC(=O)NCC(=O)NC[C@H]1[C@@H](CCCCCCC(=O)O)[C@H]2CC[C@@H]1O2. The van der Waals surface area contributed by atoms with Gasteiger partial charge in [0, 0.05) is 31.7 Å². The fourth-order valence-corrected chi connectivity index (χ4v) is 4.31. The van der Waals surface area contributed by atoms with Crippen molar-refractivity contribution in [3.8, 4) is 12.3 Å². The molecule has 2 rings (SSSR count). The van der Waals surface area contributed by atoms with E-state index in [1.54, 1.807) is 0 Å². The first-order chi connectivity index (χ1) is 13.5. The summed E-state index contributed by atoms with van der Waals surface area (Å²) in [5.41, 5.74) is 0. The highest BCUT2D eigenvalue weighted by Gasteiger charge is 2.48. The summed E-state index contributed by atoms with van der Waals surface area (Å²) in [5, 5.41) is 14.2. The zero-order valence-electron chi connectivity index (χ0n) is 16.5. The van der Waals surface area contributed by atoms with Crippen LogP contribution in [0.5, 0.6) is 0 Å². The normalized spacial score (nSPS) is 25.2. The lowest BCUT2D eigenvalue weighted by molar-refractivity contribution is -0.137. The molecule has 0 unspecified atom stereocenters. The van der Waals surface area contributed by atoms with Crippen molar-refractivity contribution in [1.82, 2.24) is 10.6 Å². The van der Waals surface area contributed by atoms with Crippen molar-refractivity contribution in [2.75, 3.05) is 13.1 Å². The maximum absolute atomic E-state index is 12.0. The molecule has 0 aromatic heterocycles. The van der Waals surface area contributed by atoms with Gasteiger partial charge in [-0.05, 0) is 31.6 Å². The first-order valence-electron chi connectivity index (χ1n) is 10.4. The summed E-state index contributed by atoms with van der Waals surface area (Å²) in [4.78, 5) is 34.1. The summed E-state index contributed by atoms with van der Waals surface area (Å²) in [5.74, 6) is 2.03. The molecule has 3 N–H and O–H groups in total. The first kappa shape index (κ1) is 22.2. The minimum absolute atomic E-state index is 0.0285. The van der Waals surface area contributed by atoms with E-state index in [1.807, 2.05) is 0 Å². The molecule has 0 aliphatic carbocycles. The van der Waals surface area contributed by atoms with Crippen LogP contribution in [0.2, 0.25) is 0 Å². The third kappa shape index (κ3) is 7.16. The van der Waals surface area contributed by atoms with E-state index in [9.17, 15) is 14.4 Å². The van der Waals surface area contributed by atoms with Gasteiger partial charge in [-0.2, -0.15) is 0 Å². The lowest BCUT2D eigenvalue weighted by atomic mass is 9.76. The number of ether oxygens (including phenoxy) is 1. The van der Waals surface area contributed by atoms with Gasteiger partial charge in [-0.15, -0.1) is 12.3 Å². The minimum atomic E-state index is -0.732. The van der Waals surface area contributed by atoms with Gasteiger partial charge >= 0.3 is 5.97 Å². The Labute approximate surface area is 167 Å². The third-order valence-corrected chi connectivity index (χ3v) is 5.75. The highest BCUT2D eigenvalue weighted by atomic mass is 16.5. The van der Waals surface area contributed by atoms with Gasteiger partial charge in [0.15, 0.2) is 0 Å². The predicted molar refractivity (Wildman–Crippen MR) is 104 cm³/mol. The van der Waals surface area contributed by atoms with E-state index in [1.165, 1.54) is 0 Å². The molecule has 156 valence electrons. The van der Waals surface area contributed by atoms with Crippen molar-refractivity contribution in [2.24, 2.45) is 11.8 Å². The van der Waals surface area contributed by atoms with Crippen LogP contribution in [-0.2, 0) is 19.1 Å². The number of rotatable bonds is 13. The van der Waals surface area contributed by atoms with Gasteiger partial charge in [0.1, 0.15) is 0 Å². The number of terminal acetylenes is 1. The van der Waals surface area contributed by atoms with E-state index in [0.717, 1.165) is 44.9 Å². The van der Waals surface area contributed by atoms with Crippen LogP contribution in [0.1, 0.15) is 64.2 Å². The van der Waals surface area contributed by atoms with Crippen LogP contribution in [0.15, 0.2) is 0 Å². The van der Waals surface area contributed by atoms with E-state index in [-0.39, 0.29) is 43.4 Å². The molecule has 0 saturated carbocycles. The number of aliphatic carboxylic acids is 1. The Morgan fingerprint density at radius 2 is 1.68 bits per heavy atom. The Morgan fingerprint density at radius 1 is 0.964 bits per heavy atom. The molecule has 2 bridgehead atoms. The van der Waals surface area contributed by atoms with Crippen molar-refractivity contribution in [3.63, 3.8) is 0 Å². The number of carboxylic acid groups (broad SMARTS) is 1. The highest BCUT2D eigenvalue weighted by molar-refractivity contribution is 5.84. The number of hydrogen-bond donors (Lipinski definition) is 3. The van der Waals surface area contributed by atoms with Crippen LogP contribution >= 0.6 is 0 Å². The molecule has 2 saturated heterocycles. The Balaban J connectivity index is 1.66. The predicted octanol–water partition coefficient (Wildman–Crippen LogP) is 1.85. The van der Waals surface area contributed by atoms with Crippen molar-refractivity contribution in [3.05, 3.63) is 0 Å². The minimum Gasteiger partial charge on any atom is -0.481 e. The second-order valence-corrected chi connectivity index (χ2v) is 7.75. The Kier molecular flexibility index (Phi) is 9.29. The van der Waals surface area contributed by atoms with Gasteiger partial charge in [-0.3, -0.25) is 14.4 Å². The topological polar surface area (TPSA) is 105 Å². The summed E-state index contributed by atoms with van der Waals surface area (Å²) in [6.07, 6.45) is 13.4. The average molecular weight is 392 g/mol. The maximum atomic E-state index is 12.0. The Bertz CT molecular complexity index is 586. The molecule has 28 heavy (non-hydrogen) atoms. The Morgan fingerprint density at radius 3 is 2.39 bits per heavy atom. The molecule has 2 fully saturated rings. The van der Waals surface area contributed by atoms with Gasteiger partial charge in [-0.25, -0.2) is 0 Å². The van der Waals surface area contributed by atoms with Crippen LogP contribution in [0.25, 0.3) is 0 Å². The summed E-state index contributed by atoms with van der Waals surface area (Å²) >= 11 is 0. The lowest BCUT2D eigenvalue weighted by Gasteiger charge is -2.28. The largest absolute Gasteiger partial charge is 0.481 e. The maximum Gasteiger partial charge on any atom is 0.303 e. The van der Waals surface area contributed by atoms with Crippen molar-refractivity contribution >= 4 is 17.8 Å². The average Bonchev–Trinajstić information content (AvgIpc) is 3.27. The van der Waals surface area contributed by atoms with Gasteiger partial charge in [0.2, 0.25) is 11.8 Å². The second-order valence-electron chi connectivity index (χ2n) is 7.75. The molecule has 0 aromatic rings. The van der Waals surface area contributed by atoms with E-state index >= 15 is 0 Å². The highest BCUT2D eigenvalue weighted by Crippen LogP contribution is 2.45. The quantitative estimate of drug-likeness (QED) is 0.328. The van der Waals surface area contributed by atoms with Crippen LogP contribution < -0.4 is 10.6 Å². The number of amides is 2. The number of carbonyl (C=O) groups is 3. The fraction of sp³-hybridized carbons (Fsp3) is 0.762. The lowest BCUT2D eigenvalue weighted by Crippen LogP contribution is -2.42. The molecule has 0 radical (unpaired) electrons. The molecule has 2 aliphatic heterocycles. The third-order valence-electron chi connectivity index (χ3n) is 5.75. The smallest absolute Gasteiger partial charge is 0.303 e. The monoisotopic (exact) mass is 392 g/mol. The Hall–Kier alpha value is -2.07. The van der Waals surface area contributed by atoms with E-state index in [2.05, 4.69) is 16.6 Å². The molecule has 4 atom stereocenters. The van der Waals surface area contributed by atoms with Crippen molar-refractivity contribution in [2.45, 2.75) is 76.4 Å². The fourth-order valence-electron chi connectivity index (χ4n) is 4.31. The molecule has 7 heteroatoms. The summed E-state index contributed by atoms with van der Waals surface area (Å²) in [6, 6.07) is 0. The number of unbranched alkanes of at least 4 members (excludes halogenated alkanes) is 3. The molecular weight excluding hydrogens is 360 g/mol. The second kappa shape index (κ2) is 11.7. The molecule has 0 spiro atoms. The van der Waals surface area contributed by atoms with E-state index in [4.69, 9.17) is 16.3 Å². The summed E-state index contributed by atoms with van der Waals surface area (Å²) in [7, 11) is 0. The van der Waals surface area contributed by atoms with E-state index < -0.39 is 5.97 Å². The van der Waals surface area contributed by atoms with Crippen LogP contribution in [0, 0.1) is 24.2 Å². The van der Waals surface area contributed by atoms with Gasteiger partial charge in [0.25, 0.3) is 0 Å². The summed E-state index contributed by atoms with van der Waals surface area (Å²) in [6.45, 7) is 0.545. The zero-order chi connectivity index (χ0) is 20.4.